The van der Waals surface area contributed by atoms with E-state index in [1.54, 1.807) is 17.9 Å². The summed E-state index contributed by atoms with van der Waals surface area (Å²) in [6.45, 7) is 7.85. The molecule has 6 nitrogen and oxygen atoms in total. The zero-order valence-corrected chi connectivity index (χ0v) is 13.8. The summed E-state index contributed by atoms with van der Waals surface area (Å²) in [4.78, 5) is 26.8. The van der Waals surface area contributed by atoms with E-state index in [9.17, 15) is 9.59 Å². The summed E-state index contributed by atoms with van der Waals surface area (Å²) in [6, 6.07) is 1.81. The molecule has 0 aromatic carbocycles. The highest BCUT2D eigenvalue weighted by molar-refractivity contribution is 5.95. The van der Waals surface area contributed by atoms with Crippen LogP contribution in [0.5, 0.6) is 0 Å². The highest BCUT2D eigenvalue weighted by atomic mass is 16.5. The average Bonchev–Trinajstić information content (AvgIpc) is 2.99. The Balaban J connectivity index is 1.87. The van der Waals surface area contributed by atoms with Gasteiger partial charge in [0.2, 0.25) is 0 Å². The van der Waals surface area contributed by atoms with E-state index in [2.05, 4.69) is 0 Å². The Morgan fingerprint density at radius 2 is 1.96 bits per heavy atom. The summed E-state index contributed by atoms with van der Waals surface area (Å²) in [6.07, 6.45) is 0.767. The second-order valence-corrected chi connectivity index (χ2v) is 6.52. The molecule has 6 heteroatoms. The van der Waals surface area contributed by atoms with Gasteiger partial charge in [-0.3, -0.25) is 4.79 Å². The van der Waals surface area contributed by atoms with E-state index in [-0.39, 0.29) is 29.6 Å². The van der Waals surface area contributed by atoms with Crippen molar-refractivity contribution < 1.29 is 18.7 Å². The fourth-order valence-corrected chi connectivity index (χ4v) is 3.35. The van der Waals surface area contributed by atoms with Crippen LogP contribution in [0.1, 0.15) is 47.9 Å². The van der Waals surface area contributed by atoms with E-state index >= 15 is 0 Å². The van der Waals surface area contributed by atoms with Gasteiger partial charge < -0.3 is 18.8 Å². The van der Waals surface area contributed by atoms with Crippen molar-refractivity contribution in [2.75, 3.05) is 26.3 Å². The molecule has 1 unspecified atom stereocenters. The van der Waals surface area contributed by atoms with E-state index < -0.39 is 5.63 Å². The van der Waals surface area contributed by atoms with Crippen molar-refractivity contribution in [1.29, 1.82) is 0 Å². The van der Waals surface area contributed by atoms with Crippen molar-refractivity contribution in [2.24, 2.45) is 0 Å². The minimum atomic E-state index is -0.552. The summed E-state index contributed by atoms with van der Waals surface area (Å²) in [5.41, 5.74) is 0.248. The first kappa shape index (κ1) is 16.2. The van der Waals surface area contributed by atoms with E-state index in [1.807, 2.05) is 13.8 Å². The van der Waals surface area contributed by atoms with Crippen molar-refractivity contribution in [2.45, 2.75) is 45.3 Å². The summed E-state index contributed by atoms with van der Waals surface area (Å²) < 4.78 is 16.4. The molecule has 2 aliphatic rings. The molecule has 0 spiro atoms. The minimum absolute atomic E-state index is 0.0371. The molecule has 3 atom stereocenters. The number of amides is 1. The van der Waals surface area contributed by atoms with Crippen molar-refractivity contribution in [3.8, 4) is 0 Å². The number of carbonyl (C=O) groups excluding carboxylic acids is 1. The van der Waals surface area contributed by atoms with Crippen LogP contribution < -0.4 is 5.63 Å². The van der Waals surface area contributed by atoms with Gasteiger partial charge in [0, 0.05) is 25.6 Å². The zero-order chi connectivity index (χ0) is 16.6. The molecule has 0 aliphatic carbocycles. The number of carbonyl (C=O) groups is 1. The molecular weight excluding hydrogens is 298 g/mol. The molecular formula is C17H23NO5. The third kappa shape index (κ3) is 3.33. The van der Waals surface area contributed by atoms with Gasteiger partial charge in [-0.2, -0.15) is 0 Å². The molecule has 0 bridgehead atoms. The van der Waals surface area contributed by atoms with Gasteiger partial charge in [-0.15, -0.1) is 0 Å². The molecule has 0 saturated carbocycles. The Labute approximate surface area is 135 Å². The van der Waals surface area contributed by atoms with Crippen LogP contribution in [-0.2, 0) is 9.47 Å². The van der Waals surface area contributed by atoms with E-state index in [0.717, 1.165) is 6.42 Å². The first-order chi connectivity index (χ1) is 11.0. The maximum Gasteiger partial charge on any atom is 0.349 e. The molecule has 2 aliphatic heterocycles. The normalized spacial score (nSPS) is 28.1. The third-order valence-electron chi connectivity index (χ3n) is 4.42. The average molecular weight is 321 g/mol. The molecule has 0 N–H and O–H groups in total. The van der Waals surface area contributed by atoms with Gasteiger partial charge in [0.05, 0.1) is 18.8 Å². The second-order valence-electron chi connectivity index (χ2n) is 6.52. The van der Waals surface area contributed by atoms with Crippen LogP contribution in [-0.4, -0.2) is 49.3 Å². The maximum absolute atomic E-state index is 12.8. The molecule has 1 aromatic heterocycles. The first-order valence-corrected chi connectivity index (χ1v) is 8.13. The van der Waals surface area contributed by atoms with Gasteiger partial charge in [-0.1, -0.05) is 0 Å². The highest BCUT2D eigenvalue weighted by Gasteiger charge is 2.30. The smallest absolute Gasteiger partial charge is 0.349 e. The van der Waals surface area contributed by atoms with Crippen LogP contribution in [0.4, 0.5) is 0 Å². The van der Waals surface area contributed by atoms with Gasteiger partial charge in [0.15, 0.2) is 0 Å². The molecule has 126 valence electrons. The fourth-order valence-electron chi connectivity index (χ4n) is 3.35. The van der Waals surface area contributed by atoms with Gasteiger partial charge in [-0.25, -0.2) is 4.79 Å². The Kier molecular flexibility index (Phi) is 4.55. The van der Waals surface area contributed by atoms with Crippen LogP contribution in [0.3, 0.4) is 0 Å². The summed E-state index contributed by atoms with van der Waals surface area (Å²) in [5, 5.41) is 0. The SMILES string of the molecule is Cc1cc(C2CCOC2)oc(=O)c1C(=O)N1C[C@@H](C)O[C@@H](C)C1. The third-order valence-corrected chi connectivity index (χ3v) is 4.42. The lowest BCUT2D eigenvalue weighted by Crippen LogP contribution is -2.49. The minimum Gasteiger partial charge on any atom is -0.427 e. The van der Waals surface area contributed by atoms with Gasteiger partial charge in [-0.05, 0) is 38.8 Å². The monoisotopic (exact) mass is 321 g/mol. The molecule has 3 rings (SSSR count). The Morgan fingerprint density at radius 3 is 2.52 bits per heavy atom. The van der Waals surface area contributed by atoms with Crippen LogP contribution in [0.2, 0.25) is 0 Å². The quantitative estimate of drug-likeness (QED) is 0.829. The lowest BCUT2D eigenvalue weighted by Gasteiger charge is -2.35. The van der Waals surface area contributed by atoms with Crippen LogP contribution in [0, 0.1) is 6.92 Å². The Morgan fingerprint density at radius 1 is 1.26 bits per heavy atom. The fraction of sp³-hybridized carbons (Fsp3) is 0.647. The molecule has 2 fully saturated rings. The first-order valence-electron chi connectivity index (χ1n) is 8.13. The molecule has 1 amide bonds. The van der Waals surface area contributed by atoms with Crippen LogP contribution in [0.15, 0.2) is 15.3 Å². The van der Waals surface area contributed by atoms with Gasteiger partial charge in [0.25, 0.3) is 5.91 Å². The zero-order valence-electron chi connectivity index (χ0n) is 13.8. The maximum atomic E-state index is 12.8. The van der Waals surface area contributed by atoms with Gasteiger partial charge >= 0.3 is 5.63 Å². The van der Waals surface area contributed by atoms with Crippen LogP contribution >= 0.6 is 0 Å². The predicted octanol–water partition coefficient (Wildman–Crippen LogP) is 1.70. The van der Waals surface area contributed by atoms with E-state index in [1.165, 1.54) is 0 Å². The van der Waals surface area contributed by atoms with Crippen molar-refractivity contribution in [1.82, 2.24) is 4.90 Å². The summed E-state index contributed by atoms with van der Waals surface area (Å²) in [5.74, 6) is 0.451. The summed E-state index contributed by atoms with van der Waals surface area (Å²) in [7, 11) is 0. The Hall–Kier alpha value is -1.66. The topological polar surface area (TPSA) is 69.0 Å². The molecule has 3 heterocycles. The predicted molar refractivity (Wildman–Crippen MR) is 83.8 cm³/mol. The number of nitrogens with zero attached hydrogens (tertiary/aromatic N) is 1. The second kappa shape index (κ2) is 6.45. The van der Waals surface area contributed by atoms with Crippen molar-refractivity contribution in [3.63, 3.8) is 0 Å². The number of hydrogen-bond donors (Lipinski definition) is 0. The standard InChI is InChI=1S/C17H23NO5/c1-10-6-14(13-4-5-21-9-13)23-17(20)15(10)16(19)18-7-11(2)22-12(3)8-18/h6,11-13H,4-5,7-9H2,1-3H3/t11-,12+,13?. The number of rotatable bonds is 2. The van der Waals surface area contributed by atoms with E-state index in [4.69, 9.17) is 13.9 Å². The molecule has 0 radical (unpaired) electrons. The van der Waals surface area contributed by atoms with E-state index in [0.29, 0.717) is 37.6 Å². The van der Waals surface area contributed by atoms with Crippen LogP contribution in [0.25, 0.3) is 0 Å². The lowest BCUT2D eigenvalue weighted by molar-refractivity contribution is -0.0587. The van der Waals surface area contributed by atoms with Crippen molar-refractivity contribution >= 4 is 5.91 Å². The number of ether oxygens (including phenoxy) is 2. The molecule has 1 aromatic rings. The lowest BCUT2D eigenvalue weighted by atomic mass is 10.0. The van der Waals surface area contributed by atoms with Crippen molar-refractivity contribution in [3.05, 3.63) is 33.4 Å². The number of aryl methyl sites for hydroxylation is 1. The number of morpholine rings is 1. The largest absolute Gasteiger partial charge is 0.427 e. The van der Waals surface area contributed by atoms with Gasteiger partial charge in [0.1, 0.15) is 11.3 Å². The summed E-state index contributed by atoms with van der Waals surface area (Å²) >= 11 is 0. The molecule has 23 heavy (non-hydrogen) atoms. The molecule has 2 saturated heterocycles. The number of hydrogen-bond acceptors (Lipinski definition) is 5. The Bertz CT molecular complexity index is 637. The highest BCUT2D eigenvalue weighted by Crippen LogP contribution is 2.26.